The van der Waals surface area contributed by atoms with Crippen LogP contribution in [0.4, 0.5) is 0 Å². The van der Waals surface area contributed by atoms with E-state index >= 15 is 0 Å². The third kappa shape index (κ3) is 7.10. The van der Waals surface area contributed by atoms with Gasteiger partial charge >= 0.3 is 0 Å². The fourth-order valence-electron chi connectivity index (χ4n) is 0.703. The Morgan fingerprint density at radius 1 is 1.45 bits per heavy atom. The highest BCUT2D eigenvalue weighted by Crippen LogP contribution is 2.00. The Labute approximate surface area is 68.9 Å². The Bertz CT molecular complexity index is 148. The van der Waals surface area contributed by atoms with Crippen molar-refractivity contribution in [1.29, 1.82) is 0 Å². The second kappa shape index (κ2) is 4.94. The molecule has 0 aliphatic heterocycles. The number of carbonyl (C=O) groups is 1. The minimum atomic E-state index is 0.203. The van der Waals surface area contributed by atoms with Gasteiger partial charge in [-0.25, -0.2) is 0 Å². The highest BCUT2D eigenvalue weighted by atomic mass is 16.1. The normalized spacial score (nSPS) is 11.0. The lowest BCUT2D eigenvalue weighted by molar-refractivity contribution is -0.115. The molecule has 0 heterocycles. The van der Waals surface area contributed by atoms with Gasteiger partial charge < -0.3 is 4.90 Å². The first kappa shape index (κ1) is 10.2. The molecule has 0 spiro atoms. The molecule has 0 aromatic rings. The molecule has 0 aromatic carbocycles. The monoisotopic (exact) mass is 155 g/mol. The maximum Gasteiger partial charge on any atom is 0.157 e. The zero-order valence-corrected chi connectivity index (χ0v) is 7.79. The van der Waals surface area contributed by atoms with Crippen molar-refractivity contribution in [1.82, 2.24) is 4.90 Å². The third-order valence-corrected chi connectivity index (χ3v) is 1.17. The predicted octanol–water partition coefficient (Wildman–Crippen LogP) is 1.68. The average Bonchev–Trinajstić information content (AvgIpc) is 1.82. The van der Waals surface area contributed by atoms with Crippen LogP contribution in [0.2, 0.25) is 0 Å². The van der Waals surface area contributed by atoms with Crippen molar-refractivity contribution in [2.75, 3.05) is 14.1 Å². The summed E-state index contributed by atoms with van der Waals surface area (Å²) in [6.07, 6.45) is 4.05. The quantitative estimate of drug-likeness (QED) is 0.576. The van der Waals surface area contributed by atoms with Crippen LogP contribution in [0.1, 0.15) is 20.3 Å². The van der Waals surface area contributed by atoms with Gasteiger partial charge in [-0.15, -0.1) is 0 Å². The summed E-state index contributed by atoms with van der Waals surface area (Å²) >= 11 is 0. The summed E-state index contributed by atoms with van der Waals surface area (Å²) in [5.41, 5.74) is 0. The molecule has 2 heteroatoms. The molecule has 64 valence electrons. The third-order valence-electron chi connectivity index (χ3n) is 1.17. The lowest BCUT2D eigenvalue weighted by Gasteiger charge is -2.03. The number of hydrogen-bond donors (Lipinski definition) is 0. The first-order valence-corrected chi connectivity index (χ1v) is 3.90. The molecule has 0 atom stereocenters. The molecule has 0 fully saturated rings. The SMILES string of the molecule is CC(C)CC(=O)C=CN(C)C. The van der Waals surface area contributed by atoms with E-state index in [1.807, 2.05) is 32.8 Å². The topological polar surface area (TPSA) is 20.3 Å². The van der Waals surface area contributed by atoms with Gasteiger partial charge in [-0.2, -0.15) is 0 Å². The van der Waals surface area contributed by atoms with E-state index in [1.165, 1.54) is 0 Å². The first-order valence-electron chi connectivity index (χ1n) is 3.90. The summed E-state index contributed by atoms with van der Waals surface area (Å²) in [4.78, 5) is 12.9. The van der Waals surface area contributed by atoms with Crippen LogP contribution in [0.3, 0.4) is 0 Å². The molecule has 0 rings (SSSR count). The van der Waals surface area contributed by atoms with Crippen LogP contribution in [0.5, 0.6) is 0 Å². The summed E-state index contributed by atoms with van der Waals surface area (Å²) < 4.78 is 0. The second-order valence-electron chi connectivity index (χ2n) is 3.34. The van der Waals surface area contributed by atoms with Crippen LogP contribution in [-0.4, -0.2) is 24.8 Å². The second-order valence-corrected chi connectivity index (χ2v) is 3.34. The lowest BCUT2D eigenvalue weighted by atomic mass is 10.1. The highest BCUT2D eigenvalue weighted by Gasteiger charge is 1.99. The molecule has 0 amide bonds. The van der Waals surface area contributed by atoms with Crippen molar-refractivity contribution >= 4 is 5.78 Å². The minimum absolute atomic E-state index is 0.203. The van der Waals surface area contributed by atoms with E-state index in [2.05, 4.69) is 0 Å². The smallest absolute Gasteiger partial charge is 0.157 e. The zero-order chi connectivity index (χ0) is 8.85. The summed E-state index contributed by atoms with van der Waals surface area (Å²) in [7, 11) is 3.80. The molecule has 0 radical (unpaired) electrons. The van der Waals surface area contributed by atoms with Crippen molar-refractivity contribution in [2.45, 2.75) is 20.3 Å². The maximum atomic E-state index is 11.0. The van der Waals surface area contributed by atoms with E-state index in [0.29, 0.717) is 12.3 Å². The van der Waals surface area contributed by atoms with Crippen LogP contribution in [-0.2, 0) is 4.79 Å². The Morgan fingerprint density at radius 2 is 2.00 bits per heavy atom. The number of hydrogen-bond acceptors (Lipinski definition) is 2. The zero-order valence-electron chi connectivity index (χ0n) is 7.79. The molecule has 0 aliphatic rings. The van der Waals surface area contributed by atoms with Crippen LogP contribution in [0, 0.1) is 5.92 Å². The average molecular weight is 155 g/mol. The molecular weight excluding hydrogens is 138 g/mol. The van der Waals surface area contributed by atoms with Crippen LogP contribution in [0.25, 0.3) is 0 Å². The molecule has 0 saturated carbocycles. The van der Waals surface area contributed by atoms with Gasteiger partial charge in [0.2, 0.25) is 0 Å². The molecular formula is C9H17NO. The standard InChI is InChI=1S/C9H17NO/c1-8(2)7-9(11)5-6-10(3)4/h5-6,8H,7H2,1-4H3. The van der Waals surface area contributed by atoms with Gasteiger partial charge in [-0.3, -0.25) is 4.79 Å². The molecule has 0 saturated heterocycles. The molecule has 11 heavy (non-hydrogen) atoms. The molecule has 2 nitrogen and oxygen atoms in total. The van der Waals surface area contributed by atoms with E-state index in [-0.39, 0.29) is 5.78 Å². The van der Waals surface area contributed by atoms with Gasteiger partial charge in [0.05, 0.1) is 0 Å². The van der Waals surface area contributed by atoms with E-state index in [1.54, 1.807) is 12.3 Å². The lowest BCUT2D eigenvalue weighted by Crippen LogP contribution is -2.04. The van der Waals surface area contributed by atoms with E-state index in [4.69, 9.17) is 0 Å². The Balaban J connectivity index is 3.69. The van der Waals surface area contributed by atoms with Gasteiger partial charge in [-0.1, -0.05) is 13.8 Å². The van der Waals surface area contributed by atoms with E-state index in [0.717, 1.165) is 0 Å². The van der Waals surface area contributed by atoms with Crippen LogP contribution in [0.15, 0.2) is 12.3 Å². The number of nitrogens with zero attached hydrogens (tertiary/aromatic N) is 1. The van der Waals surface area contributed by atoms with Crippen molar-refractivity contribution < 1.29 is 4.79 Å². The fourth-order valence-corrected chi connectivity index (χ4v) is 0.703. The number of allylic oxidation sites excluding steroid dienone is 1. The molecule has 0 aromatic heterocycles. The van der Waals surface area contributed by atoms with Gasteiger partial charge in [0.25, 0.3) is 0 Å². The summed E-state index contributed by atoms with van der Waals surface area (Å²) in [6, 6.07) is 0. The fraction of sp³-hybridized carbons (Fsp3) is 0.667. The van der Waals surface area contributed by atoms with Gasteiger partial charge in [0.15, 0.2) is 5.78 Å². The highest BCUT2D eigenvalue weighted by molar-refractivity contribution is 5.89. The Hall–Kier alpha value is -0.790. The van der Waals surface area contributed by atoms with Crippen molar-refractivity contribution in [3.8, 4) is 0 Å². The van der Waals surface area contributed by atoms with Crippen molar-refractivity contribution in [3.05, 3.63) is 12.3 Å². The van der Waals surface area contributed by atoms with Gasteiger partial charge in [0.1, 0.15) is 0 Å². The first-order chi connectivity index (χ1) is 5.02. The van der Waals surface area contributed by atoms with E-state index in [9.17, 15) is 4.79 Å². The van der Waals surface area contributed by atoms with E-state index < -0.39 is 0 Å². The molecule has 0 N–H and O–H groups in total. The number of rotatable bonds is 4. The summed E-state index contributed by atoms with van der Waals surface area (Å²) in [5, 5.41) is 0. The van der Waals surface area contributed by atoms with Gasteiger partial charge in [0, 0.05) is 26.7 Å². The molecule has 0 bridgehead atoms. The minimum Gasteiger partial charge on any atom is -0.383 e. The van der Waals surface area contributed by atoms with Gasteiger partial charge in [-0.05, 0) is 12.0 Å². The Morgan fingerprint density at radius 3 is 2.36 bits per heavy atom. The summed E-state index contributed by atoms with van der Waals surface area (Å²) in [6.45, 7) is 4.09. The van der Waals surface area contributed by atoms with Crippen molar-refractivity contribution in [2.24, 2.45) is 5.92 Å². The van der Waals surface area contributed by atoms with Crippen molar-refractivity contribution in [3.63, 3.8) is 0 Å². The Kier molecular flexibility index (Phi) is 4.59. The maximum absolute atomic E-state index is 11.0. The molecule has 0 unspecified atom stereocenters. The number of ketones is 1. The van der Waals surface area contributed by atoms with Crippen LogP contribution < -0.4 is 0 Å². The van der Waals surface area contributed by atoms with Crippen LogP contribution >= 0.6 is 0 Å². The number of carbonyl (C=O) groups excluding carboxylic acids is 1. The largest absolute Gasteiger partial charge is 0.383 e. The molecule has 0 aliphatic carbocycles. The predicted molar refractivity (Wildman–Crippen MR) is 47.3 cm³/mol. The summed E-state index contributed by atoms with van der Waals surface area (Å²) in [5.74, 6) is 0.656.